The van der Waals surface area contributed by atoms with Crippen LogP contribution in [0.3, 0.4) is 0 Å². The highest BCUT2D eigenvalue weighted by Gasteiger charge is 2.47. The average Bonchev–Trinajstić information content (AvgIpc) is 2.58. The van der Waals surface area contributed by atoms with Crippen molar-refractivity contribution in [1.82, 2.24) is 4.90 Å². The third kappa shape index (κ3) is 2.72. The van der Waals surface area contributed by atoms with Gasteiger partial charge in [-0.25, -0.2) is 0 Å². The Labute approximate surface area is 129 Å². The molecule has 1 aliphatic heterocycles. The maximum absolute atomic E-state index is 12.1. The molecule has 1 aliphatic rings. The van der Waals surface area contributed by atoms with Crippen LogP contribution in [0.5, 0.6) is 5.75 Å². The molecule has 1 fully saturated rings. The van der Waals surface area contributed by atoms with Crippen molar-refractivity contribution < 1.29 is 9.53 Å². The Morgan fingerprint density at radius 3 is 2.32 bits per heavy atom. The highest BCUT2D eigenvalue weighted by atomic mass is 16.5. The van der Waals surface area contributed by atoms with Crippen molar-refractivity contribution in [1.29, 1.82) is 0 Å². The van der Waals surface area contributed by atoms with Crippen LogP contribution in [0.2, 0.25) is 0 Å². The Morgan fingerprint density at radius 1 is 1.05 bits per heavy atom. The van der Waals surface area contributed by atoms with E-state index in [-0.39, 0.29) is 11.9 Å². The van der Waals surface area contributed by atoms with Crippen LogP contribution in [0.1, 0.15) is 5.56 Å². The SMILES string of the molecule is C=CN1C(=O)[C@H](Oc2ccccc2)[C@@H]1C#Cc1ccccc1. The maximum Gasteiger partial charge on any atom is 0.272 e. The van der Waals surface area contributed by atoms with Crippen molar-refractivity contribution in [3.8, 4) is 17.6 Å². The van der Waals surface area contributed by atoms with Gasteiger partial charge in [-0.1, -0.05) is 54.8 Å². The minimum atomic E-state index is -0.586. The number of nitrogens with zero attached hydrogens (tertiary/aromatic N) is 1. The number of rotatable bonds is 3. The molecule has 0 aromatic heterocycles. The minimum absolute atomic E-state index is 0.119. The molecule has 0 radical (unpaired) electrons. The summed E-state index contributed by atoms with van der Waals surface area (Å²) in [6, 6.07) is 18.6. The Morgan fingerprint density at radius 2 is 1.68 bits per heavy atom. The topological polar surface area (TPSA) is 29.5 Å². The number of amides is 1. The summed E-state index contributed by atoms with van der Waals surface area (Å²) in [4.78, 5) is 13.6. The number of carbonyl (C=O) groups is 1. The lowest BCUT2D eigenvalue weighted by atomic mass is 9.98. The summed E-state index contributed by atoms with van der Waals surface area (Å²) in [5.41, 5.74) is 0.907. The zero-order chi connectivity index (χ0) is 15.4. The van der Waals surface area contributed by atoms with Crippen molar-refractivity contribution in [2.45, 2.75) is 12.1 Å². The normalized spacial score (nSPS) is 19.6. The highest BCUT2D eigenvalue weighted by Crippen LogP contribution is 2.25. The van der Waals surface area contributed by atoms with Gasteiger partial charge in [0.05, 0.1) is 0 Å². The standard InChI is InChI=1S/C19H15NO2/c1-2-20-17(14-13-15-9-5-3-6-10-15)18(19(20)21)22-16-11-7-4-8-12-16/h2-12,17-18H,1H2/t17-,18+/m0/s1. The van der Waals surface area contributed by atoms with Gasteiger partial charge in [-0.05, 0) is 24.3 Å². The van der Waals surface area contributed by atoms with Gasteiger partial charge in [0, 0.05) is 11.8 Å². The van der Waals surface area contributed by atoms with Crippen molar-refractivity contribution in [2.24, 2.45) is 0 Å². The molecular weight excluding hydrogens is 274 g/mol. The summed E-state index contributed by atoms with van der Waals surface area (Å²) < 4.78 is 5.75. The van der Waals surface area contributed by atoms with Crippen LogP contribution >= 0.6 is 0 Å². The molecule has 22 heavy (non-hydrogen) atoms. The molecule has 0 spiro atoms. The number of para-hydroxylation sites is 1. The second-order valence-corrected chi connectivity index (χ2v) is 4.86. The van der Waals surface area contributed by atoms with Crippen LogP contribution in [-0.2, 0) is 4.79 Å². The lowest BCUT2D eigenvalue weighted by molar-refractivity contribution is -0.153. The Hall–Kier alpha value is -2.99. The van der Waals surface area contributed by atoms with E-state index < -0.39 is 6.10 Å². The summed E-state index contributed by atoms with van der Waals surface area (Å²) in [6.45, 7) is 3.66. The minimum Gasteiger partial charge on any atom is -0.477 e. The highest BCUT2D eigenvalue weighted by molar-refractivity contribution is 5.91. The first-order chi connectivity index (χ1) is 10.8. The molecule has 108 valence electrons. The average molecular weight is 289 g/mol. The van der Waals surface area contributed by atoms with Gasteiger partial charge in [0.1, 0.15) is 11.8 Å². The molecule has 0 aliphatic carbocycles. The van der Waals surface area contributed by atoms with Crippen LogP contribution in [0, 0.1) is 11.8 Å². The van der Waals surface area contributed by atoms with E-state index >= 15 is 0 Å². The van der Waals surface area contributed by atoms with Crippen molar-refractivity contribution in [3.05, 3.63) is 79.0 Å². The van der Waals surface area contributed by atoms with Gasteiger partial charge in [0.15, 0.2) is 0 Å². The molecular formula is C19H15NO2. The fourth-order valence-corrected chi connectivity index (χ4v) is 2.27. The van der Waals surface area contributed by atoms with Crippen LogP contribution < -0.4 is 4.74 Å². The third-order valence-electron chi connectivity index (χ3n) is 3.43. The third-order valence-corrected chi connectivity index (χ3v) is 3.43. The van der Waals surface area contributed by atoms with E-state index in [1.54, 1.807) is 0 Å². The number of ether oxygens (including phenoxy) is 1. The maximum atomic E-state index is 12.1. The Bertz CT molecular complexity index is 728. The number of hydrogen-bond donors (Lipinski definition) is 0. The van der Waals surface area contributed by atoms with Crippen molar-refractivity contribution in [2.75, 3.05) is 0 Å². The van der Waals surface area contributed by atoms with Crippen LogP contribution in [0.4, 0.5) is 0 Å². The summed E-state index contributed by atoms with van der Waals surface area (Å²) in [6.07, 6.45) is 0.911. The summed E-state index contributed by atoms with van der Waals surface area (Å²) in [7, 11) is 0. The molecule has 0 unspecified atom stereocenters. The predicted octanol–water partition coefficient (Wildman–Crippen LogP) is 2.84. The molecule has 2 aromatic rings. The fraction of sp³-hybridized carbons (Fsp3) is 0.105. The number of hydrogen-bond acceptors (Lipinski definition) is 2. The second kappa shape index (κ2) is 6.19. The molecule has 1 saturated heterocycles. The van der Waals surface area contributed by atoms with E-state index in [1.807, 2.05) is 60.7 Å². The molecule has 2 atom stereocenters. The quantitative estimate of drug-likeness (QED) is 0.642. The molecule has 1 amide bonds. The zero-order valence-electron chi connectivity index (χ0n) is 12.0. The molecule has 3 heteroatoms. The fourth-order valence-electron chi connectivity index (χ4n) is 2.27. The van der Waals surface area contributed by atoms with Crippen molar-refractivity contribution >= 4 is 5.91 Å². The smallest absolute Gasteiger partial charge is 0.272 e. The molecule has 3 nitrogen and oxygen atoms in total. The molecule has 0 bridgehead atoms. The van der Waals surface area contributed by atoms with E-state index in [1.165, 1.54) is 11.1 Å². The molecule has 0 saturated carbocycles. The van der Waals surface area contributed by atoms with Gasteiger partial charge < -0.3 is 4.74 Å². The first kappa shape index (κ1) is 14.0. The summed E-state index contributed by atoms with van der Waals surface area (Å²) in [5, 5.41) is 0. The Balaban J connectivity index is 1.79. The van der Waals surface area contributed by atoms with Gasteiger partial charge >= 0.3 is 0 Å². The van der Waals surface area contributed by atoms with E-state index in [9.17, 15) is 4.79 Å². The van der Waals surface area contributed by atoms with Crippen LogP contribution in [0.25, 0.3) is 0 Å². The van der Waals surface area contributed by atoms with Gasteiger partial charge in [-0.15, -0.1) is 0 Å². The number of likely N-dealkylation sites (tertiary alicyclic amines) is 1. The van der Waals surface area contributed by atoms with Gasteiger partial charge in [0.25, 0.3) is 5.91 Å². The predicted molar refractivity (Wildman–Crippen MR) is 85.0 cm³/mol. The molecule has 1 heterocycles. The van der Waals surface area contributed by atoms with Crippen molar-refractivity contribution in [3.63, 3.8) is 0 Å². The van der Waals surface area contributed by atoms with Crippen LogP contribution in [-0.4, -0.2) is 23.0 Å². The molecule has 2 aromatic carbocycles. The first-order valence-electron chi connectivity index (χ1n) is 7.02. The molecule has 0 N–H and O–H groups in total. The zero-order valence-corrected chi connectivity index (χ0v) is 12.0. The van der Waals surface area contributed by atoms with Gasteiger partial charge in [0.2, 0.25) is 6.10 Å². The Kier molecular flexibility index (Phi) is 3.93. The monoisotopic (exact) mass is 289 g/mol. The second-order valence-electron chi connectivity index (χ2n) is 4.86. The van der Waals surface area contributed by atoms with Gasteiger partial charge in [-0.2, -0.15) is 0 Å². The lowest BCUT2D eigenvalue weighted by Crippen LogP contribution is -2.64. The lowest BCUT2D eigenvalue weighted by Gasteiger charge is -2.41. The number of β-lactam (4-membered cyclic amide) rings is 1. The number of benzene rings is 2. The van der Waals surface area contributed by atoms with E-state index in [4.69, 9.17) is 4.74 Å². The molecule has 3 rings (SSSR count). The van der Waals surface area contributed by atoms with E-state index in [2.05, 4.69) is 18.4 Å². The van der Waals surface area contributed by atoms with Gasteiger partial charge in [-0.3, -0.25) is 9.69 Å². The van der Waals surface area contributed by atoms with Crippen LogP contribution in [0.15, 0.2) is 73.4 Å². The first-order valence-corrected chi connectivity index (χ1v) is 7.02. The van der Waals surface area contributed by atoms with E-state index in [0.29, 0.717) is 5.75 Å². The largest absolute Gasteiger partial charge is 0.477 e. The summed E-state index contributed by atoms with van der Waals surface area (Å²) in [5.74, 6) is 6.72. The van der Waals surface area contributed by atoms with E-state index in [0.717, 1.165) is 5.56 Å². The summed E-state index contributed by atoms with van der Waals surface area (Å²) >= 11 is 0. The number of carbonyl (C=O) groups excluding carboxylic acids is 1.